The van der Waals surface area contributed by atoms with Crippen molar-refractivity contribution in [2.75, 3.05) is 25.5 Å². The smallest absolute Gasteiger partial charge is 0.225 e. The predicted octanol–water partition coefficient (Wildman–Crippen LogP) is 3.70. The first-order chi connectivity index (χ1) is 13.2. The van der Waals surface area contributed by atoms with E-state index in [0.717, 1.165) is 31.0 Å². The lowest BCUT2D eigenvalue weighted by Crippen LogP contribution is -2.41. The molecule has 1 amide bonds. The van der Waals surface area contributed by atoms with E-state index in [2.05, 4.69) is 58.2 Å². The second kappa shape index (κ2) is 11.0. The number of nitrogens with zero attached hydrogens (tertiary/aromatic N) is 1. The summed E-state index contributed by atoms with van der Waals surface area (Å²) in [6, 6.07) is 16.8. The molecule has 1 unspecified atom stereocenters. The fourth-order valence-corrected chi connectivity index (χ4v) is 3.39. The van der Waals surface area contributed by atoms with E-state index in [1.807, 2.05) is 18.2 Å². The van der Waals surface area contributed by atoms with E-state index in [9.17, 15) is 4.79 Å². The highest BCUT2D eigenvalue weighted by atomic mass is 127. The van der Waals surface area contributed by atoms with Crippen LogP contribution in [0.15, 0.2) is 53.5 Å². The van der Waals surface area contributed by atoms with E-state index >= 15 is 0 Å². The minimum atomic E-state index is 0. The lowest BCUT2D eigenvalue weighted by Gasteiger charge is -2.26. The minimum Gasteiger partial charge on any atom is -0.356 e. The van der Waals surface area contributed by atoms with Gasteiger partial charge in [0.15, 0.2) is 5.96 Å². The summed E-state index contributed by atoms with van der Waals surface area (Å²) in [6.45, 7) is 3.66. The second-order valence-corrected chi connectivity index (χ2v) is 6.84. The Labute approximate surface area is 184 Å². The summed E-state index contributed by atoms with van der Waals surface area (Å²) in [5.41, 5.74) is 4.77. The number of aliphatic imine (C=N–C) groups is 1. The number of carbonyl (C=O) groups is 1. The summed E-state index contributed by atoms with van der Waals surface area (Å²) < 4.78 is 0. The van der Waals surface area contributed by atoms with Crippen LogP contribution in [-0.2, 0) is 17.6 Å². The number of nitrogens with one attached hydrogen (secondary N) is 3. The molecule has 1 atom stereocenters. The van der Waals surface area contributed by atoms with E-state index in [1.54, 1.807) is 7.05 Å². The molecule has 2 aromatic carbocycles. The van der Waals surface area contributed by atoms with Gasteiger partial charge in [-0.2, -0.15) is 0 Å². The minimum absolute atomic E-state index is 0. The number of rotatable bonds is 6. The quantitative estimate of drug-likeness (QED) is 0.328. The molecule has 0 aromatic heterocycles. The molecule has 3 rings (SSSR count). The van der Waals surface area contributed by atoms with Crippen LogP contribution in [0.3, 0.4) is 0 Å². The van der Waals surface area contributed by atoms with Crippen molar-refractivity contribution < 1.29 is 4.79 Å². The Hall–Kier alpha value is -2.09. The Kier molecular flexibility index (Phi) is 8.76. The molecule has 2 aromatic rings. The van der Waals surface area contributed by atoms with Gasteiger partial charge in [-0.05, 0) is 35.6 Å². The molecule has 0 aliphatic carbocycles. The molecule has 28 heavy (non-hydrogen) atoms. The number of fused-ring (bicyclic) bond motifs is 1. The first-order valence-electron chi connectivity index (χ1n) is 9.60. The maximum atomic E-state index is 11.9. The van der Waals surface area contributed by atoms with Gasteiger partial charge in [0.05, 0.1) is 0 Å². The number of guanidine groups is 1. The van der Waals surface area contributed by atoms with Gasteiger partial charge in [0.1, 0.15) is 0 Å². The Morgan fingerprint density at radius 2 is 1.82 bits per heavy atom. The summed E-state index contributed by atoms with van der Waals surface area (Å²) in [5.74, 6) is 0.984. The zero-order valence-corrected chi connectivity index (χ0v) is 18.8. The highest BCUT2D eigenvalue weighted by molar-refractivity contribution is 14.0. The molecule has 1 heterocycles. The Bertz CT molecular complexity index is 804. The summed E-state index contributed by atoms with van der Waals surface area (Å²) >= 11 is 0. The standard InChI is InChI=1S/C22H28N4O.HI/c1-3-16-8-10-17(11-9-16)12-13-24-22(23-2)25-15-18-14-21(27)26-20-7-5-4-6-19(18)20;/h4-11,18H,3,12-15H2,1-2H3,(H,26,27)(H2,23,24,25);1H. The maximum absolute atomic E-state index is 11.9. The van der Waals surface area contributed by atoms with Crippen molar-refractivity contribution in [3.63, 3.8) is 0 Å². The highest BCUT2D eigenvalue weighted by Crippen LogP contribution is 2.31. The average molecular weight is 492 g/mol. The number of carbonyl (C=O) groups excluding carboxylic acids is 1. The van der Waals surface area contributed by atoms with Gasteiger partial charge in [0, 0.05) is 38.2 Å². The molecule has 150 valence electrons. The summed E-state index contributed by atoms with van der Waals surface area (Å²) in [5, 5.41) is 9.66. The Balaban J connectivity index is 0.00000280. The zero-order valence-electron chi connectivity index (χ0n) is 16.5. The van der Waals surface area contributed by atoms with Crippen molar-refractivity contribution in [1.29, 1.82) is 0 Å². The fraction of sp³-hybridized carbons (Fsp3) is 0.364. The monoisotopic (exact) mass is 492 g/mol. The number of hydrogen-bond donors (Lipinski definition) is 3. The van der Waals surface area contributed by atoms with E-state index in [-0.39, 0.29) is 35.8 Å². The van der Waals surface area contributed by atoms with Crippen LogP contribution >= 0.6 is 24.0 Å². The van der Waals surface area contributed by atoms with Gasteiger partial charge in [0.2, 0.25) is 5.91 Å². The second-order valence-electron chi connectivity index (χ2n) is 6.84. The molecule has 6 heteroatoms. The first-order valence-corrected chi connectivity index (χ1v) is 9.60. The third-order valence-electron chi connectivity index (χ3n) is 4.98. The van der Waals surface area contributed by atoms with E-state index < -0.39 is 0 Å². The van der Waals surface area contributed by atoms with Crippen LogP contribution in [0.1, 0.15) is 36.0 Å². The van der Waals surface area contributed by atoms with E-state index in [4.69, 9.17) is 0 Å². The van der Waals surface area contributed by atoms with Crippen LogP contribution in [0.4, 0.5) is 5.69 Å². The molecule has 1 aliphatic rings. The zero-order chi connectivity index (χ0) is 19.1. The fourth-order valence-electron chi connectivity index (χ4n) is 3.39. The topological polar surface area (TPSA) is 65.5 Å². The summed E-state index contributed by atoms with van der Waals surface area (Å²) in [7, 11) is 1.77. The van der Waals surface area contributed by atoms with Gasteiger partial charge in [0.25, 0.3) is 0 Å². The molecule has 0 radical (unpaired) electrons. The molecule has 0 saturated carbocycles. The van der Waals surface area contributed by atoms with Gasteiger partial charge in [-0.3, -0.25) is 9.79 Å². The van der Waals surface area contributed by atoms with Crippen LogP contribution < -0.4 is 16.0 Å². The SMILES string of the molecule is CCc1ccc(CCNC(=NC)NCC2CC(=O)Nc3ccccc32)cc1.I. The van der Waals surface area contributed by atoms with Gasteiger partial charge in [-0.1, -0.05) is 49.4 Å². The number of aryl methyl sites for hydroxylation is 1. The Morgan fingerprint density at radius 1 is 1.11 bits per heavy atom. The molecule has 0 fully saturated rings. The molecule has 1 aliphatic heterocycles. The molecule has 3 N–H and O–H groups in total. The van der Waals surface area contributed by atoms with Gasteiger partial charge in [-0.15, -0.1) is 24.0 Å². The van der Waals surface area contributed by atoms with Gasteiger partial charge >= 0.3 is 0 Å². The van der Waals surface area contributed by atoms with Crippen LogP contribution in [-0.4, -0.2) is 32.0 Å². The van der Waals surface area contributed by atoms with Crippen molar-refractivity contribution in [3.05, 3.63) is 65.2 Å². The van der Waals surface area contributed by atoms with E-state index in [1.165, 1.54) is 16.7 Å². The normalized spacial score (nSPS) is 15.9. The van der Waals surface area contributed by atoms with Crippen LogP contribution in [0.5, 0.6) is 0 Å². The number of amides is 1. The highest BCUT2D eigenvalue weighted by Gasteiger charge is 2.24. The number of benzene rings is 2. The molecule has 0 saturated heterocycles. The van der Waals surface area contributed by atoms with Crippen molar-refractivity contribution >= 4 is 41.5 Å². The van der Waals surface area contributed by atoms with Crippen LogP contribution in [0, 0.1) is 0 Å². The summed E-state index contributed by atoms with van der Waals surface area (Å²) in [6.07, 6.45) is 2.50. The number of anilines is 1. The molecular weight excluding hydrogens is 463 g/mol. The number of para-hydroxylation sites is 1. The first kappa shape index (κ1) is 22.2. The van der Waals surface area contributed by atoms with E-state index in [0.29, 0.717) is 13.0 Å². The predicted molar refractivity (Wildman–Crippen MR) is 127 cm³/mol. The average Bonchev–Trinajstić information content (AvgIpc) is 2.70. The molecule has 0 bridgehead atoms. The largest absolute Gasteiger partial charge is 0.356 e. The third kappa shape index (κ3) is 5.95. The lowest BCUT2D eigenvalue weighted by atomic mass is 9.90. The Morgan fingerprint density at radius 3 is 2.54 bits per heavy atom. The van der Waals surface area contributed by atoms with Crippen molar-refractivity contribution in [2.24, 2.45) is 4.99 Å². The van der Waals surface area contributed by atoms with Crippen molar-refractivity contribution in [1.82, 2.24) is 10.6 Å². The number of halogens is 1. The molecule has 5 nitrogen and oxygen atoms in total. The van der Waals surface area contributed by atoms with Crippen molar-refractivity contribution in [3.8, 4) is 0 Å². The van der Waals surface area contributed by atoms with Gasteiger partial charge in [-0.25, -0.2) is 0 Å². The lowest BCUT2D eigenvalue weighted by molar-refractivity contribution is -0.116. The molecule has 0 spiro atoms. The number of hydrogen-bond acceptors (Lipinski definition) is 2. The maximum Gasteiger partial charge on any atom is 0.225 e. The third-order valence-corrected chi connectivity index (χ3v) is 4.98. The van der Waals surface area contributed by atoms with Crippen LogP contribution in [0.25, 0.3) is 0 Å². The van der Waals surface area contributed by atoms with Crippen molar-refractivity contribution in [2.45, 2.75) is 32.1 Å². The summed E-state index contributed by atoms with van der Waals surface area (Å²) in [4.78, 5) is 16.2. The van der Waals surface area contributed by atoms with Gasteiger partial charge < -0.3 is 16.0 Å². The van der Waals surface area contributed by atoms with Crippen LogP contribution in [0.2, 0.25) is 0 Å². The molecular formula is C22H29IN4O.